The van der Waals surface area contributed by atoms with Crippen LogP contribution in [0.4, 0.5) is 0 Å². The minimum Gasteiger partial charge on any atom is -0.467 e. The zero-order valence-corrected chi connectivity index (χ0v) is 16.4. The van der Waals surface area contributed by atoms with E-state index in [-0.39, 0.29) is 0 Å². The Bertz CT molecular complexity index is 997. The number of benzene rings is 1. The highest BCUT2D eigenvalue weighted by Gasteiger charge is 2.15. The molecule has 0 radical (unpaired) electrons. The quantitative estimate of drug-likeness (QED) is 0.393. The third kappa shape index (κ3) is 3.22. The Kier molecular flexibility index (Phi) is 4.36. The smallest absolute Gasteiger partial charge is 0.124 e. The zero-order chi connectivity index (χ0) is 17.4. The molecule has 3 aromatic heterocycles. The maximum Gasteiger partial charge on any atom is 0.124 e. The molecule has 0 spiro atoms. The van der Waals surface area contributed by atoms with Gasteiger partial charge in [-0.1, -0.05) is 28.1 Å². The third-order valence-corrected chi connectivity index (χ3v) is 5.76. The lowest BCUT2D eigenvalue weighted by atomic mass is 10.2. The van der Waals surface area contributed by atoms with Gasteiger partial charge in [0.15, 0.2) is 0 Å². The highest BCUT2D eigenvalue weighted by Crippen LogP contribution is 2.32. The van der Waals surface area contributed by atoms with Crippen LogP contribution in [0.1, 0.15) is 17.1 Å². The van der Waals surface area contributed by atoms with Crippen LogP contribution in [0.2, 0.25) is 0 Å². The maximum atomic E-state index is 5.50. The molecule has 5 heteroatoms. The minimum atomic E-state index is 0.744. The van der Waals surface area contributed by atoms with Crippen molar-refractivity contribution in [3.8, 4) is 21.8 Å². The second kappa shape index (κ2) is 6.65. The van der Waals surface area contributed by atoms with Gasteiger partial charge >= 0.3 is 0 Å². The van der Waals surface area contributed by atoms with Crippen LogP contribution in [0, 0.1) is 13.8 Å². The number of hydrogen-bond acceptors (Lipinski definition) is 3. The molecule has 25 heavy (non-hydrogen) atoms. The lowest BCUT2D eigenvalue weighted by Crippen LogP contribution is -2.02. The van der Waals surface area contributed by atoms with Gasteiger partial charge in [0.1, 0.15) is 10.8 Å². The molecule has 4 aromatic rings. The molecule has 0 aliphatic rings. The molecule has 0 aliphatic heterocycles. The standard InChI is InChI=1S/C20H17BrN2OS/c1-13-10-18(14(2)23(13)11-17-4-3-9-24-17)19-12-25-20(22-19)15-5-7-16(21)8-6-15/h3-10,12H,11H2,1-2H3. The van der Waals surface area contributed by atoms with Gasteiger partial charge in [-0.05, 0) is 44.2 Å². The summed E-state index contributed by atoms with van der Waals surface area (Å²) in [6.07, 6.45) is 1.72. The highest BCUT2D eigenvalue weighted by atomic mass is 79.9. The molecular weight excluding hydrogens is 396 g/mol. The van der Waals surface area contributed by atoms with Gasteiger partial charge in [0.25, 0.3) is 0 Å². The van der Waals surface area contributed by atoms with Crippen molar-refractivity contribution < 1.29 is 4.42 Å². The number of aromatic nitrogens is 2. The van der Waals surface area contributed by atoms with Gasteiger partial charge in [0.05, 0.1) is 18.5 Å². The first-order valence-electron chi connectivity index (χ1n) is 8.03. The van der Waals surface area contributed by atoms with E-state index >= 15 is 0 Å². The van der Waals surface area contributed by atoms with Gasteiger partial charge < -0.3 is 8.98 Å². The van der Waals surface area contributed by atoms with Gasteiger partial charge in [-0.2, -0.15) is 0 Å². The molecule has 126 valence electrons. The first-order valence-corrected chi connectivity index (χ1v) is 9.70. The Balaban J connectivity index is 1.67. The molecular formula is C20H17BrN2OS. The summed E-state index contributed by atoms with van der Waals surface area (Å²) in [5.41, 5.74) is 5.78. The van der Waals surface area contributed by atoms with E-state index in [0.717, 1.165) is 33.0 Å². The summed E-state index contributed by atoms with van der Waals surface area (Å²) >= 11 is 5.16. The molecule has 0 saturated heterocycles. The van der Waals surface area contributed by atoms with E-state index in [1.165, 1.54) is 17.0 Å². The van der Waals surface area contributed by atoms with Crippen molar-refractivity contribution in [2.45, 2.75) is 20.4 Å². The Morgan fingerprint density at radius 3 is 2.68 bits per heavy atom. The van der Waals surface area contributed by atoms with Crippen molar-refractivity contribution in [1.82, 2.24) is 9.55 Å². The van der Waals surface area contributed by atoms with E-state index in [2.05, 4.69) is 57.9 Å². The minimum absolute atomic E-state index is 0.744. The van der Waals surface area contributed by atoms with E-state index in [9.17, 15) is 0 Å². The second-order valence-electron chi connectivity index (χ2n) is 6.00. The van der Waals surface area contributed by atoms with E-state index in [0.29, 0.717) is 0 Å². The summed E-state index contributed by atoms with van der Waals surface area (Å²) in [4.78, 5) is 4.86. The van der Waals surface area contributed by atoms with E-state index in [1.807, 2.05) is 24.3 Å². The van der Waals surface area contributed by atoms with Crippen molar-refractivity contribution in [2.24, 2.45) is 0 Å². The topological polar surface area (TPSA) is 31.0 Å². The number of thiazole rings is 1. The van der Waals surface area contributed by atoms with Gasteiger partial charge in [0.2, 0.25) is 0 Å². The molecule has 0 aliphatic carbocycles. The fourth-order valence-corrected chi connectivity index (χ4v) is 4.08. The molecule has 0 atom stereocenters. The molecule has 0 bridgehead atoms. The van der Waals surface area contributed by atoms with Gasteiger partial charge in [-0.15, -0.1) is 11.3 Å². The lowest BCUT2D eigenvalue weighted by molar-refractivity contribution is 0.489. The summed E-state index contributed by atoms with van der Waals surface area (Å²) in [6, 6.07) is 14.4. The molecule has 3 heterocycles. The van der Waals surface area contributed by atoms with Crippen molar-refractivity contribution in [2.75, 3.05) is 0 Å². The van der Waals surface area contributed by atoms with Crippen LogP contribution in [-0.2, 0) is 6.54 Å². The molecule has 0 N–H and O–H groups in total. The molecule has 4 rings (SSSR count). The van der Waals surface area contributed by atoms with Crippen molar-refractivity contribution >= 4 is 27.3 Å². The molecule has 3 nitrogen and oxygen atoms in total. The normalized spacial score (nSPS) is 11.2. The second-order valence-corrected chi connectivity index (χ2v) is 7.77. The van der Waals surface area contributed by atoms with Crippen LogP contribution in [0.15, 0.2) is 63.0 Å². The summed E-state index contributed by atoms with van der Waals surface area (Å²) in [6.45, 7) is 5.01. The maximum absolute atomic E-state index is 5.50. The van der Waals surface area contributed by atoms with Crippen LogP contribution in [-0.4, -0.2) is 9.55 Å². The van der Waals surface area contributed by atoms with Crippen LogP contribution in [0.25, 0.3) is 21.8 Å². The first kappa shape index (κ1) is 16.4. The third-order valence-electron chi connectivity index (χ3n) is 4.34. The lowest BCUT2D eigenvalue weighted by Gasteiger charge is -2.07. The fourth-order valence-electron chi connectivity index (χ4n) is 2.98. The summed E-state index contributed by atoms with van der Waals surface area (Å²) < 4.78 is 8.84. The van der Waals surface area contributed by atoms with Crippen molar-refractivity contribution in [1.29, 1.82) is 0 Å². The van der Waals surface area contributed by atoms with Crippen LogP contribution < -0.4 is 0 Å². The summed E-state index contributed by atoms with van der Waals surface area (Å²) in [5, 5.41) is 3.18. The van der Waals surface area contributed by atoms with Crippen molar-refractivity contribution in [3.05, 3.63) is 75.7 Å². The zero-order valence-electron chi connectivity index (χ0n) is 14.0. The van der Waals surface area contributed by atoms with Crippen LogP contribution in [0.3, 0.4) is 0 Å². The summed E-state index contributed by atoms with van der Waals surface area (Å²) in [7, 11) is 0. The molecule has 0 fully saturated rings. The number of rotatable bonds is 4. The van der Waals surface area contributed by atoms with E-state index < -0.39 is 0 Å². The number of nitrogens with zero attached hydrogens (tertiary/aromatic N) is 2. The fraction of sp³-hybridized carbons (Fsp3) is 0.150. The summed E-state index contributed by atoms with van der Waals surface area (Å²) in [5.74, 6) is 0.960. The molecule has 0 amide bonds. The molecule has 0 unspecified atom stereocenters. The number of hydrogen-bond donors (Lipinski definition) is 0. The monoisotopic (exact) mass is 412 g/mol. The Hall–Kier alpha value is -2.11. The number of furan rings is 1. The predicted molar refractivity (Wildman–Crippen MR) is 106 cm³/mol. The SMILES string of the molecule is Cc1cc(-c2csc(-c3ccc(Br)cc3)n2)c(C)n1Cc1ccco1. The average Bonchev–Trinajstić information content (AvgIpc) is 3.33. The van der Waals surface area contributed by atoms with E-state index in [1.54, 1.807) is 17.6 Å². The van der Waals surface area contributed by atoms with Gasteiger partial charge in [-0.3, -0.25) is 0 Å². The van der Waals surface area contributed by atoms with Crippen molar-refractivity contribution in [3.63, 3.8) is 0 Å². The number of halogens is 1. The Morgan fingerprint density at radius 2 is 1.96 bits per heavy atom. The average molecular weight is 413 g/mol. The van der Waals surface area contributed by atoms with Crippen LogP contribution >= 0.6 is 27.3 Å². The number of aryl methyl sites for hydroxylation is 1. The molecule has 1 aromatic carbocycles. The largest absolute Gasteiger partial charge is 0.467 e. The van der Waals surface area contributed by atoms with Crippen LogP contribution in [0.5, 0.6) is 0 Å². The first-order chi connectivity index (χ1) is 12.1. The molecule has 0 saturated carbocycles. The van der Waals surface area contributed by atoms with E-state index in [4.69, 9.17) is 9.40 Å². The van der Waals surface area contributed by atoms with Gasteiger partial charge in [0, 0.05) is 32.4 Å². The van der Waals surface area contributed by atoms with Gasteiger partial charge in [-0.25, -0.2) is 4.98 Å². The highest BCUT2D eigenvalue weighted by molar-refractivity contribution is 9.10. The Labute approximate surface area is 159 Å². The predicted octanol–water partition coefficient (Wildman–Crippen LogP) is 6.30. The Morgan fingerprint density at radius 1 is 1.16 bits per heavy atom.